The predicted molar refractivity (Wildman–Crippen MR) is 108 cm³/mol. The minimum absolute atomic E-state index is 0.0859. The zero-order chi connectivity index (χ0) is 20.1. The van der Waals surface area contributed by atoms with Gasteiger partial charge >= 0.3 is 6.09 Å². The quantitative estimate of drug-likeness (QED) is 0.757. The molecule has 1 amide bonds. The number of hydrogen-bond acceptors (Lipinski definition) is 6. The van der Waals surface area contributed by atoms with Gasteiger partial charge in [-0.1, -0.05) is 12.1 Å². The van der Waals surface area contributed by atoms with Crippen LogP contribution in [0.5, 0.6) is 5.75 Å². The van der Waals surface area contributed by atoms with Gasteiger partial charge in [0.1, 0.15) is 17.7 Å². The van der Waals surface area contributed by atoms with Crippen molar-refractivity contribution in [3.63, 3.8) is 0 Å². The van der Waals surface area contributed by atoms with Crippen LogP contribution >= 0.6 is 0 Å². The number of anilines is 2. The van der Waals surface area contributed by atoms with Crippen LogP contribution in [0.2, 0.25) is 0 Å². The van der Waals surface area contributed by atoms with E-state index in [0.717, 1.165) is 49.1 Å². The normalized spacial score (nSPS) is 17.2. The van der Waals surface area contributed by atoms with E-state index in [-0.39, 0.29) is 12.1 Å². The summed E-state index contributed by atoms with van der Waals surface area (Å²) in [6, 6.07) is 9.22. The largest absolute Gasteiger partial charge is 0.489 e. The highest BCUT2D eigenvalue weighted by Crippen LogP contribution is 2.24. The number of ether oxygens (including phenoxy) is 1. The van der Waals surface area contributed by atoms with Crippen molar-refractivity contribution >= 4 is 17.9 Å². The van der Waals surface area contributed by atoms with Crippen molar-refractivity contribution in [1.82, 2.24) is 15.3 Å². The van der Waals surface area contributed by atoms with Gasteiger partial charge in [0, 0.05) is 32.8 Å². The van der Waals surface area contributed by atoms with Crippen molar-refractivity contribution in [2.24, 2.45) is 0 Å². The molecule has 1 aliphatic heterocycles. The van der Waals surface area contributed by atoms with Crippen LogP contribution in [0.4, 0.5) is 16.6 Å². The molecule has 2 N–H and O–H groups in total. The average Bonchev–Trinajstić information content (AvgIpc) is 3.16. The Hall–Kier alpha value is -3.03. The first-order valence-electron chi connectivity index (χ1n) is 9.51. The SMILES string of the molecule is CCN(C)c1nccc(N2CC[C@@H](Oc3ccc(C(C)NC(=O)O)cc3)C2)n1. The van der Waals surface area contributed by atoms with Crippen LogP contribution in [0.25, 0.3) is 0 Å². The molecule has 2 aromatic rings. The van der Waals surface area contributed by atoms with Crippen molar-refractivity contribution in [3.8, 4) is 5.75 Å². The first-order valence-corrected chi connectivity index (χ1v) is 9.51. The molecule has 1 aliphatic rings. The van der Waals surface area contributed by atoms with E-state index < -0.39 is 6.09 Å². The lowest BCUT2D eigenvalue weighted by molar-refractivity contribution is 0.191. The van der Waals surface area contributed by atoms with E-state index in [9.17, 15) is 4.79 Å². The molecule has 3 rings (SSSR count). The lowest BCUT2D eigenvalue weighted by atomic mass is 10.1. The third-order valence-corrected chi connectivity index (χ3v) is 4.94. The second-order valence-electron chi connectivity index (χ2n) is 6.94. The maximum Gasteiger partial charge on any atom is 0.405 e. The Kier molecular flexibility index (Phi) is 6.18. The van der Waals surface area contributed by atoms with Crippen LogP contribution in [0, 0.1) is 0 Å². The Morgan fingerprint density at radius 2 is 2.14 bits per heavy atom. The molecule has 8 heteroatoms. The molecule has 1 unspecified atom stereocenters. The number of nitrogens with one attached hydrogen (secondary N) is 1. The second kappa shape index (κ2) is 8.77. The standard InChI is InChI=1S/C20H27N5O3/c1-4-24(3)19-21-11-9-18(23-19)25-12-10-17(13-25)28-16-7-5-15(6-8-16)14(2)22-20(26)27/h5-9,11,14,17,22H,4,10,12-13H2,1-3H3,(H,26,27)/t14?,17-/m1/s1. The molecule has 150 valence electrons. The topological polar surface area (TPSA) is 90.8 Å². The van der Waals surface area contributed by atoms with E-state index in [0.29, 0.717) is 0 Å². The van der Waals surface area contributed by atoms with E-state index in [4.69, 9.17) is 9.84 Å². The Balaban J connectivity index is 1.58. The summed E-state index contributed by atoms with van der Waals surface area (Å²) < 4.78 is 6.11. The highest BCUT2D eigenvalue weighted by atomic mass is 16.5. The first-order chi connectivity index (χ1) is 13.5. The Bertz CT molecular complexity index is 799. The van der Waals surface area contributed by atoms with Gasteiger partial charge in [-0.2, -0.15) is 4.98 Å². The first kappa shape index (κ1) is 19.7. The third kappa shape index (κ3) is 4.82. The van der Waals surface area contributed by atoms with E-state index in [1.54, 1.807) is 6.20 Å². The van der Waals surface area contributed by atoms with Crippen LogP contribution in [-0.2, 0) is 0 Å². The highest BCUT2D eigenvalue weighted by Gasteiger charge is 2.25. The molecule has 0 aliphatic carbocycles. The van der Waals surface area contributed by atoms with Crippen LogP contribution in [0.15, 0.2) is 36.5 Å². The van der Waals surface area contributed by atoms with Gasteiger partial charge < -0.3 is 25.0 Å². The van der Waals surface area contributed by atoms with Crippen molar-refractivity contribution < 1.29 is 14.6 Å². The summed E-state index contributed by atoms with van der Waals surface area (Å²) in [5.41, 5.74) is 0.899. The van der Waals surface area contributed by atoms with E-state index in [1.165, 1.54) is 0 Å². The molecule has 2 heterocycles. The Morgan fingerprint density at radius 1 is 1.39 bits per heavy atom. The van der Waals surface area contributed by atoms with Crippen LogP contribution in [-0.4, -0.2) is 54.0 Å². The molecule has 1 aromatic heterocycles. The van der Waals surface area contributed by atoms with Gasteiger partial charge in [-0.3, -0.25) is 0 Å². The molecule has 0 spiro atoms. The molecule has 0 saturated carbocycles. The van der Waals surface area contributed by atoms with E-state index >= 15 is 0 Å². The lowest BCUT2D eigenvalue weighted by Crippen LogP contribution is -2.26. The molecule has 0 radical (unpaired) electrons. The van der Waals surface area contributed by atoms with Crippen molar-refractivity contribution in [1.29, 1.82) is 0 Å². The number of amides is 1. The molecule has 0 bridgehead atoms. The van der Waals surface area contributed by atoms with Gasteiger partial charge in [0.25, 0.3) is 0 Å². The fourth-order valence-electron chi connectivity index (χ4n) is 3.17. The fourth-order valence-corrected chi connectivity index (χ4v) is 3.17. The number of nitrogens with zero attached hydrogens (tertiary/aromatic N) is 4. The summed E-state index contributed by atoms with van der Waals surface area (Å²) in [7, 11) is 1.98. The van der Waals surface area contributed by atoms with Gasteiger partial charge in [-0.25, -0.2) is 9.78 Å². The van der Waals surface area contributed by atoms with Gasteiger partial charge in [0.15, 0.2) is 0 Å². The monoisotopic (exact) mass is 385 g/mol. The Morgan fingerprint density at radius 3 is 2.82 bits per heavy atom. The molecule has 8 nitrogen and oxygen atoms in total. The van der Waals surface area contributed by atoms with Gasteiger partial charge in [-0.15, -0.1) is 0 Å². The molecule has 1 fully saturated rings. The van der Waals surface area contributed by atoms with Gasteiger partial charge in [0.05, 0.1) is 12.6 Å². The van der Waals surface area contributed by atoms with Gasteiger partial charge in [-0.05, 0) is 37.6 Å². The highest BCUT2D eigenvalue weighted by molar-refractivity contribution is 5.65. The number of carbonyl (C=O) groups is 1. The predicted octanol–water partition coefficient (Wildman–Crippen LogP) is 2.92. The Labute approximate surface area is 165 Å². The summed E-state index contributed by atoms with van der Waals surface area (Å²) in [4.78, 5) is 24.0. The van der Waals surface area contributed by atoms with Gasteiger partial charge in [0.2, 0.25) is 5.95 Å². The third-order valence-electron chi connectivity index (χ3n) is 4.94. The van der Waals surface area contributed by atoms with Crippen molar-refractivity contribution in [2.75, 3.05) is 36.5 Å². The summed E-state index contributed by atoms with van der Waals surface area (Å²) in [5.74, 6) is 2.43. The molecule has 1 saturated heterocycles. The number of hydrogen-bond donors (Lipinski definition) is 2. The number of carboxylic acid groups (broad SMARTS) is 1. The maximum atomic E-state index is 10.8. The minimum atomic E-state index is -1.03. The summed E-state index contributed by atoms with van der Waals surface area (Å²) >= 11 is 0. The summed E-state index contributed by atoms with van der Waals surface area (Å²) in [5, 5.41) is 11.3. The summed E-state index contributed by atoms with van der Waals surface area (Å²) in [6.07, 6.45) is 1.77. The van der Waals surface area contributed by atoms with Crippen molar-refractivity contribution in [2.45, 2.75) is 32.4 Å². The number of rotatable bonds is 7. The minimum Gasteiger partial charge on any atom is -0.489 e. The number of benzene rings is 1. The van der Waals surface area contributed by atoms with Crippen LogP contribution < -0.4 is 19.9 Å². The lowest BCUT2D eigenvalue weighted by Gasteiger charge is -2.20. The van der Waals surface area contributed by atoms with E-state index in [1.807, 2.05) is 49.2 Å². The second-order valence-corrected chi connectivity index (χ2v) is 6.94. The van der Waals surface area contributed by atoms with Crippen molar-refractivity contribution in [3.05, 3.63) is 42.1 Å². The molecule has 2 atom stereocenters. The number of aromatic nitrogens is 2. The van der Waals surface area contributed by atoms with Crippen LogP contribution in [0.1, 0.15) is 31.9 Å². The maximum absolute atomic E-state index is 10.8. The average molecular weight is 385 g/mol. The zero-order valence-electron chi connectivity index (χ0n) is 16.5. The molecular weight excluding hydrogens is 358 g/mol. The van der Waals surface area contributed by atoms with E-state index in [2.05, 4.69) is 27.1 Å². The fraction of sp³-hybridized carbons (Fsp3) is 0.450. The smallest absolute Gasteiger partial charge is 0.405 e. The molecular formula is C20H27N5O3. The molecule has 1 aromatic carbocycles. The summed E-state index contributed by atoms with van der Waals surface area (Å²) in [6.45, 7) is 6.38. The van der Waals surface area contributed by atoms with Crippen LogP contribution in [0.3, 0.4) is 0 Å². The zero-order valence-corrected chi connectivity index (χ0v) is 16.5. The molecule has 28 heavy (non-hydrogen) atoms.